The van der Waals surface area contributed by atoms with E-state index in [1.807, 2.05) is 0 Å². The first kappa shape index (κ1) is 29.0. The molecule has 9 aromatic carbocycles. The molecule has 2 heteroatoms. The van der Waals surface area contributed by atoms with Crippen molar-refractivity contribution in [3.8, 4) is 27.9 Å². The van der Waals surface area contributed by atoms with Gasteiger partial charge >= 0.3 is 0 Å². The highest BCUT2D eigenvalue weighted by atomic mass is 16.3. The highest BCUT2D eigenvalue weighted by Gasteiger charge is 2.38. The van der Waals surface area contributed by atoms with Crippen molar-refractivity contribution in [2.45, 2.75) is 19.3 Å². The van der Waals surface area contributed by atoms with Crippen LogP contribution in [0.3, 0.4) is 0 Å². The lowest BCUT2D eigenvalue weighted by atomic mass is 9.82. The van der Waals surface area contributed by atoms with Gasteiger partial charge in [0.1, 0.15) is 11.2 Å². The van der Waals surface area contributed by atoms with Gasteiger partial charge in [-0.05, 0) is 103 Å². The standard InChI is InChI=1S/C51H33NO/c1-51(2)44-26-25-40-38-15-7-9-17-46(38)52(50(40)49(44)43-29-48-42(28-45(43)51)39-16-8-10-18-47(39)53-48)32-22-19-30(20-23-32)31-21-24-37-35-13-4-3-11-33(35)34-12-5-6-14-36(34)41(37)27-31/h3-29H,1-2H3. The summed E-state index contributed by atoms with van der Waals surface area (Å²) in [5.74, 6) is 0. The Kier molecular flexibility index (Phi) is 5.60. The molecule has 53 heavy (non-hydrogen) atoms. The zero-order valence-corrected chi connectivity index (χ0v) is 29.4. The number of hydrogen-bond acceptors (Lipinski definition) is 1. The number of fused-ring (bicyclic) bond motifs is 16. The van der Waals surface area contributed by atoms with E-state index >= 15 is 0 Å². The monoisotopic (exact) mass is 675 g/mol. The third-order valence-electron chi connectivity index (χ3n) is 12.2. The fourth-order valence-electron chi connectivity index (χ4n) is 9.65. The van der Waals surface area contributed by atoms with Gasteiger partial charge in [-0.1, -0.05) is 135 Å². The number of rotatable bonds is 2. The predicted octanol–water partition coefficient (Wildman–Crippen LogP) is 14.1. The van der Waals surface area contributed by atoms with Gasteiger partial charge in [0.15, 0.2) is 0 Å². The van der Waals surface area contributed by atoms with E-state index in [0.717, 1.165) is 16.9 Å². The highest BCUT2D eigenvalue weighted by Crippen LogP contribution is 2.54. The lowest BCUT2D eigenvalue weighted by molar-refractivity contribution is 0.658. The molecule has 0 aliphatic heterocycles. The van der Waals surface area contributed by atoms with E-state index in [0.29, 0.717) is 0 Å². The molecule has 1 aliphatic rings. The molecule has 2 aromatic heterocycles. The molecular formula is C51H33NO. The molecule has 2 heterocycles. The summed E-state index contributed by atoms with van der Waals surface area (Å²) in [6.07, 6.45) is 0. The molecule has 0 saturated carbocycles. The fraction of sp³-hybridized carbons (Fsp3) is 0.0588. The van der Waals surface area contributed by atoms with E-state index in [4.69, 9.17) is 4.42 Å². The summed E-state index contributed by atoms with van der Waals surface area (Å²) in [5.41, 5.74) is 13.0. The topological polar surface area (TPSA) is 18.1 Å². The first-order chi connectivity index (χ1) is 26.0. The van der Waals surface area contributed by atoms with Crippen molar-refractivity contribution in [1.82, 2.24) is 4.57 Å². The van der Waals surface area contributed by atoms with Gasteiger partial charge in [0.25, 0.3) is 0 Å². The Morgan fingerprint density at radius 2 is 1.00 bits per heavy atom. The second-order valence-electron chi connectivity index (χ2n) is 15.3. The Balaban J connectivity index is 1.07. The number of nitrogens with zero attached hydrogens (tertiary/aromatic N) is 1. The van der Waals surface area contributed by atoms with E-state index in [9.17, 15) is 0 Å². The molecule has 0 N–H and O–H groups in total. The SMILES string of the molecule is CC1(C)c2cc3c(cc2-c2c1ccc1c4ccccc4n(-c4ccc(-c5ccc6c7ccccc7c7ccccc7c6c5)cc4)c21)oc1ccccc13. The number of hydrogen-bond donors (Lipinski definition) is 0. The minimum atomic E-state index is -0.165. The van der Waals surface area contributed by atoms with Crippen molar-refractivity contribution in [3.05, 3.63) is 175 Å². The Bertz CT molecular complexity index is 3320. The smallest absolute Gasteiger partial charge is 0.136 e. The lowest BCUT2D eigenvalue weighted by Gasteiger charge is -2.21. The molecule has 248 valence electrons. The minimum Gasteiger partial charge on any atom is -0.456 e. The Morgan fingerprint density at radius 1 is 0.415 bits per heavy atom. The van der Waals surface area contributed by atoms with Crippen molar-refractivity contribution < 1.29 is 4.42 Å². The summed E-state index contributed by atoms with van der Waals surface area (Å²) >= 11 is 0. The number of para-hydroxylation sites is 2. The summed E-state index contributed by atoms with van der Waals surface area (Å²) in [6, 6.07) is 60.4. The van der Waals surface area contributed by atoms with Crippen LogP contribution in [0.25, 0.3) is 104 Å². The first-order valence-corrected chi connectivity index (χ1v) is 18.5. The molecule has 11 aromatic rings. The maximum absolute atomic E-state index is 6.47. The van der Waals surface area contributed by atoms with Crippen LogP contribution in [0.1, 0.15) is 25.0 Å². The van der Waals surface area contributed by atoms with Gasteiger partial charge in [-0.25, -0.2) is 0 Å². The zero-order chi connectivity index (χ0) is 35.0. The fourth-order valence-corrected chi connectivity index (χ4v) is 9.65. The van der Waals surface area contributed by atoms with Crippen molar-refractivity contribution in [1.29, 1.82) is 0 Å². The molecule has 0 radical (unpaired) electrons. The molecule has 0 bridgehead atoms. The number of furan rings is 1. The van der Waals surface area contributed by atoms with Gasteiger partial charge in [-0.15, -0.1) is 0 Å². The summed E-state index contributed by atoms with van der Waals surface area (Å²) in [6.45, 7) is 4.74. The normalized spacial score (nSPS) is 13.6. The number of aromatic nitrogens is 1. The molecular weight excluding hydrogens is 643 g/mol. The van der Waals surface area contributed by atoms with Gasteiger partial charge in [-0.2, -0.15) is 0 Å². The van der Waals surface area contributed by atoms with Gasteiger partial charge in [0, 0.05) is 38.2 Å². The summed E-state index contributed by atoms with van der Waals surface area (Å²) in [4.78, 5) is 0. The van der Waals surface area contributed by atoms with Crippen molar-refractivity contribution in [2.24, 2.45) is 0 Å². The van der Waals surface area contributed by atoms with Gasteiger partial charge < -0.3 is 8.98 Å². The van der Waals surface area contributed by atoms with Gasteiger partial charge in [-0.3, -0.25) is 0 Å². The van der Waals surface area contributed by atoms with Crippen LogP contribution in [0.4, 0.5) is 0 Å². The van der Waals surface area contributed by atoms with Crippen LogP contribution in [-0.4, -0.2) is 4.57 Å². The van der Waals surface area contributed by atoms with E-state index in [1.165, 1.54) is 98.3 Å². The van der Waals surface area contributed by atoms with Gasteiger partial charge in [0.2, 0.25) is 0 Å². The van der Waals surface area contributed by atoms with Gasteiger partial charge in [0.05, 0.1) is 11.0 Å². The van der Waals surface area contributed by atoms with Crippen LogP contribution < -0.4 is 0 Å². The molecule has 0 saturated heterocycles. The Hall–Kier alpha value is -6.64. The molecule has 0 fully saturated rings. The Labute approximate surface area is 306 Å². The molecule has 0 unspecified atom stereocenters. The maximum Gasteiger partial charge on any atom is 0.136 e. The van der Waals surface area contributed by atoms with Crippen LogP contribution in [0.15, 0.2) is 168 Å². The molecule has 12 rings (SSSR count). The molecule has 1 aliphatic carbocycles. The molecule has 2 nitrogen and oxygen atoms in total. The average Bonchev–Trinajstić information content (AvgIpc) is 3.82. The third kappa shape index (κ3) is 3.82. The van der Waals surface area contributed by atoms with Crippen LogP contribution in [0, 0.1) is 0 Å². The van der Waals surface area contributed by atoms with E-state index in [1.54, 1.807) is 0 Å². The minimum absolute atomic E-state index is 0.165. The average molecular weight is 676 g/mol. The van der Waals surface area contributed by atoms with Crippen molar-refractivity contribution in [3.63, 3.8) is 0 Å². The van der Waals surface area contributed by atoms with Crippen molar-refractivity contribution >= 4 is 76.1 Å². The number of benzene rings is 9. The summed E-state index contributed by atoms with van der Waals surface area (Å²) in [7, 11) is 0. The maximum atomic E-state index is 6.47. The first-order valence-electron chi connectivity index (χ1n) is 18.5. The second-order valence-corrected chi connectivity index (χ2v) is 15.3. The lowest BCUT2D eigenvalue weighted by Crippen LogP contribution is -2.14. The van der Waals surface area contributed by atoms with Crippen LogP contribution >= 0.6 is 0 Å². The largest absolute Gasteiger partial charge is 0.456 e. The summed E-state index contributed by atoms with van der Waals surface area (Å²) < 4.78 is 8.95. The predicted molar refractivity (Wildman–Crippen MR) is 224 cm³/mol. The molecule has 0 amide bonds. The van der Waals surface area contributed by atoms with E-state index in [2.05, 4.69) is 182 Å². The van der Waals surface area contributed by atoms with Crippen LogP contribution in [0.2, 0.25) is 0 Å². The third-order valence-corrected chi connectivity index (χ3v) is 12.2. The molecule has 0 atom stereocenters. The molecule has 0 spiro atoms. The van der Waals surface area contributed by atoms with Crippen LogP contribution in [-0.2, 0) is 5.41 Å². The summed E-state index contributed by atoms with van der Waals surface area (Å²) in [5, 5.41) is 12.7. The highest BCUT2D eigenvalue weighted by molar-refractivity contribution is 6.26. The van der Waals surface area contributed by atoms with E-state index in [-0.39, 0.29) is 5.41 Å². The van der Waals surface area contributed by atoms with E-state index < -0.39 is 0 Å². The second kappa shape index (κ2) is 10.2. The van der Waals surface area contributed by atoms with Crippen LogP contribution in [0.5, 0.6) is 0 Å². The zero-order valence-electron chi connectivity index (χ0n) is 29.4. The Morgan fingerprint density at radius 3 is 1.74 bits per heavy atom. The quantitative estimate of drug-likeness (QED) is 0.167. The van der Waals surface area contributed by atoms with Crippen molar-refractivity contribution in [2.75, 3.05) is 0 Å².